The summed E-state index contributed by atoms with van der Waals surface area (Å²) in [5.74, 6) is 1.10. The average Bonchev–Trinajstić information content (AvgIpc) is 3.15. The van der Waals surface area contributed by atoms with Gasteiger partial charge in [-0.05, 0) is 83.1 Å². The van der Waals surface area contributed by atoms with Gasteiger partial charge in [0.15, 0.2) is 17.2 Å². The van der Waals surface area contributed by atoms with Crippen molar-refractivity contribution in [3.8, 4) is 11.5 Å². The maximum atomic E-state index is 12.3. The van der Waals surface area contributed by atoms with E-state index in [1.165, 1.54) is 0 Å². The number of carbonyl (C=O) groups excluding carboxylic acids is 1. The van der Waals surface area contributed by atoms with Crippen LogP contribution in [0, 0.1) is 3.57 Å². The molecule has 162 valence electrons. The van der Waals surface area contributed by atoms with E-state index in [0.29, 0.717) is 30.6 Å². The van der Waals surface area contributed by atoms with Gasteiger partial charge in [-0.25, -0.2) is 9.79 Å². The second kappa shape index (κ2) is 10.3. The predicted octanol–water partition coefficient (Wildman–Crippen LogP) is 6.38. The monoisotopic (exact) mass is 603 g/mol. The van der Waals surface area contributed by atoms with Crippen molar-refractivity contribution in [1.82, 2.24) is 0 Å². The molecule has 1 aliphatic heterocycles. The summed E-state index contributed by atoms with van der Waals surface area (Å²) in [5.41, 5.74) is 2.82. The number of hydrogen-bond donors (Lipinski definition) is 0. The first-order chi connectivity index (χ1) is 15.5. The Hall–Kier alpha value is -2.65. The third-order valence-electron chi connectivity index (χ3n) is 4.57. The van der Waals surface area contributed by atoms with E-state index >= 15 is 0 Å². The molecule has 0 radical (unpaired) electrons. The number of benzene rings is 3. The van der Waals surface area contributed by atoms with E-state index < -0.39 is 5.97 Å². The third kappa shape index (κ3) is 5.39. The average molecular weight is 604 g/mol. The summed E-state index contributed by atoms with van der Waals surface area (Å²) in [4.78, 5) is 16.7. The smallest absolute Gasteiger partial charge is 0.363 e. The first-order valence-corrected chi connectivity index (χ1v) is 11.8. The molecule has 5 nitrogen and oxygen atoms in total. The summed E-state index contributed by atoms with van der Waals surface area (Å²) in [6.45, 7) is 2.82. The maximum absolute atomic E-state index is 12.3. The van der Waals surface area contributed by atoms with Crippen LogP contribution in [0.2, 0.25) is 0 Å². The van der Waals surface area contributed by atoms with Crippen LogP contribution in [-0.2, 0) is 16.1 Å². The lowest BCUT2D eigenvalue weighted by Gasteiger charge is -2.15. The molecular formula is C25H19BrINO4. The van der Waals surface area contributed by atoms with Crippen molar-refractivity contribution >= 4 is 56.5 Å². The standard InChI is InChI=1S/C25H19BrINO4/c1-2-30-22-14-17(12-20(27)23(22)31-15-16-8-10-19(26)11-9-16)13-21-25(29)32-24(28-21)18-6-4-3-5-7-18/h3-14H,2,15H2,1H3/b21-13-. The van der Waals surface area contributed by atoms with E-state index in [1.54, 1.807) is 6.08 Å². The Labute approximate surface area is 208 Å². The highest BCUT2D eigenvalue weighted by atomic mass is 127. The van der Waals surface area contributed by atoms with Crippen molar-refractivity contribution in [2.24, 2.45) is 4.99 Å². The molecule has 0 fully saturated rings. The topological polar surface area (TPSA) is 57.1 Å². The lowest BCUT2D eigenvalue weighted by atomic mass is 10.1. The van der Waals surface area contributed by atoms with E-state index in [9.17, 15) is 4.79 Å². The number of cyclic esters (lactones) is 1. The van der Waals surface area contributed by atoms with Crippen molar-refractivity contribution < 1.29 is 19.0 Å². The molecule has 0 amide bonds. The number of hydrogen-bond acceptors (Lipinski definition) is 5. The number of carbonyl (C=O) groups is 1. The molecule has 4 rings (SSSR count). The van der Waals surface area contributed by atoms with Gasteiger partial charge in [0.25, 0.3) is 0 Å². The Morgan fingerprint density at radius 3 is 2.53 bits per heavy atom. The zero-order valence-electron chi connectivity index (χ0n) is 17.2. The van der Waals surface area contributed by atoms with Gasteiger partial charge in [0, 0.05) is 10.0 Å². The van der Waals surface area contributed by atoms with E-state index in [-0.39, 0.29) is 5.70 Å². The van der Waals surface area contributed by atoms with Crippen LogP contribution in [0.1, 0.15) is 23.6 Å². The Kier molecular flexibility index (Phi) is 7.26. The maximum Gasteiger partial charge on any atom is 0.363 e. The molecule has 3 aromatic rings. The van der Waals surface area contributed by atoms with Crippen LogP contribution in [-0.4, -0.2) is 18.5 Å². The SMILES string of the molecule is CCOc1cc(/C=C2\N=C(c3ccccc3)OC2=O)cc(I)c1OCc1ccc(Br)cc1. The lowest BCUT2D eigenvalue weighted by molar-refractivity contribution is -0.129. The summed E-state index contributed by atoms with van der Waals surface area (Å²) in [6.07, 6.45) is 1.70. The molecule has 0 unspecified atom stereocenters. The third-order valence-corrected chi connectivity index (χ3v) is 5.90. The van der Waals surface area contributed by atoms with Crippen molar-refractivity contribution in [2.45, 2.75) is 13.5 Å². The van der Waals surface area contributed by atoms with Crippen LogP contribution in [0.25, 0.3) is 6.08 Å². The van der Waals surface area contributed by atoms with Crippen LogP contribution in [0.5, 0.6) is 11.5 Å². The molecule has 0 N–H and O–H groups in total. The van der Waals surface area contributed by atoms with Gasteiger partial charge in [-0.15, -0.1) is 0 Å². The molecule has 0 bridgehead atoms. The van der Waals surface area contributed by atoms with Gasteiger partial charge in [-0.3, -0.25) is 0 Å². The number of esters is 1. The summed E-state index contributed by atoms with van der Waals surface area (Å²) in [6, 6.07) is 21.1. The fourth-order valence-electron chi connectivity index (χ4n) is 3.08. The predicted molar refractivity (Wildman–Crippen MR) is 136 cm³/mol. The first kappa shape index (κ1) is 22.5. The molecule has 0 aromatic heterocycles. The number of aliphatic imine (C=N–C) groups is 1. The van der Waals surface area contributed by atoms with E-state index in [4.69, 9.17) is 14.2 Å². The van der Waals surface area contributed by atoms with Crippen molar-refractivity contribution in [1.29, 1.82) is 0 Å². The van der Waals surface area contributed by atoms with Crippen LogP contribution in [0.15, 0.2) is 81.9 Å². The Balaban J connectivity index is 1.60. The minimum absolute atomic E-state index is 0.241. The van der Waals surface area contributed by atoms with E-state index in [1.807, 2.05) is 73.7 Å². The summed E-state index contributed by atoms with van der Waals surface area (Å²) in [7, 11) is 0. The van der Waals surface area contributed by atoms with Crippen molar-refractivity contribution in [3.05, 3.63) is 97.2 Å². The fourth-order valence-corrected chi connectivity index (χ4v) is 4.13. The summed E-state index contributed by atoms with van der Waals surface area (Å²) < 4.78 is 19.1. The highest BCUT2D eigenvalue weighted by molar-refractivity contribution is 14.1. The van der Waals surface area contributed by atoms with Crippen LogP contribution >= 0.6 is 38.5 Å². The van der Waals surface area contributed by atoms with E-state index in [0.717, 1.165) is 24.7 Å². The van der Waals surface area contributed by atoms with Crippen LogP contribution in [0.4, 0.5) is 0 Å². The van der Waals surface area contributed by atoms with Crippen molar-refractivity contribution in [3.63, 3.8) is 0 Å². The molecule has 0 saturated carbocycles. The van der Waals surface area contributed by atoms with Crippen molar-refractivity contribution in [2.75, 3.05) is 6.61 Å². The van der Waals surface area contributed by atoms with Gasteiger partial charge in [-0.1, -0.05) is 46.3 Å². The molecular weight excluding hydrogens is 585 g/mol. The summed E-state index contributed by atoms with van der Waals surface area (Å²) in [5, 5.41) is 0. The highest BCUT2D eigenvalue weighted by Crippen LogP contribution is 2.36. The second-order valence-corrected chi connectivity index (χ2v) is 8.96. The van der Waals surface area contributed by atoms with Crippen LogP contribution < -0.4 is 9.47 Å². The zero-order valence-corrected chi connectivity index (χ0v) is 20.9. The molecule has 0 aliphatic carbocycles. The van der Waals surface area contributed by atoms with E-state index in [2.05, 4.69) is 43.5 Å². The van der Waals surface area contributed by atoms with Gasteiger partial charge in [0.1, 0.15) is 6.61 Å². The van der Waals surface area contributed by atoms with Gasteiger partial charge in [0.2, 0.25) is 5.90 Å². The number of halogens is 2. The Morgan fingerprint density at radius 2 is 1.81 bits per heavy atom. The minimum atomic E-state index is -0.479. The Morgan fingerprint density at radius 1 is 1.06 bits per heavy atom. The molecule has 0 atom stereocenters. The highest BCUT2D eigenvalue weighted by Gasteiger charge is 2.24. The molecule has 1 heterocycles. The summed E-state index contributed by atoms with van der Waals surface area (Å²) >= 11 is 5.65. The van der Waals surface area contributed by atoms with Gasteiger partial charge < -0.3 is 14.2 Å². The number of rotatable bonds is 7. The molecule has 0 saturated heterocycles. The second-order valence-electron chi connectivity index (χ2n) is 6.88. The largest absolute Gasteiger partial charge is 0.490 e. The lowest BCUT2D eigenvalue weighted by Crippen LogP contribution is -2.05. The van der Waals surface area contributed by atoms with Gasteiger partial charge in [-0.2, -0.15) is 0 Å². The number of nitrogens with zero attached hydrogens (tertiary/aromatic N) is 1. The normalized spacial score (nSPS) is 14.3. The minimum Gasteiger partial charge on any atom is -0.490 e. The zero-order chi connectivity index (χ0) is 22.5. The fraction of sp³-hybridized carbons (Fsp3) is 0.120. The number of ether oxygens (including phenoxy) is 3. The molecule has 3 aromatic carbocycles. The molecule has 0 spiro atoms. The first-order valence-electron chi connectivity index (χ1n) is 9.95. The van der Waals surface area contributed by atoms with Gasteiger partial charge >= 0.3 is 5.97 Å². The van der Waals surface area contributed by atoms with Gasteiger partial charge in [0.05, 0.1) is 10.2 Å². The molecule has 32 heavy (non-hydrogen) atoms. The quantitative estimate of drug-likeness (QED) is 0.179. The Bertz CT molecular complexity index is 1190. The molecule has 7 heteroatoms. The van der Waals surface area contributed by atoms with Crippen LogP contribution in [0.3, 0.4) is 0 Å². The molecule has 1 aliphatic rings.